The Morgan fingerprint density at radius 3 is 1.39 bits per heavy atom. The van der Waals surface area contributed by atoms with Crippen LogP contribution in [0.3, 0.4) is 0 Å². The van der Waals surface area contributed by atoms with E-state index in [2.05, 4.69) is 93.4 Å². The van der Waals surface area contributed by atoms with Crippen LogP contribution in [0.2, 0.25) is 0 Å². The number of rotatable bonds is 45. The lowest BCUT2D eigenvalue weighted by Crippen LogP contribution is -2.61. The van der Waals surface area contributed by atoms with E-state index in [0.29, 0.717) is 24.8 Å². The largest absolute Gasteiger partial charge is 0.508 e. The predicted octanol–water partition coefficient (Wildman–Crippen LogP) is -5.93. The highest BCUT2D eigenvalue weighted by Crippen LogP contribution is 2.21. The van der Waals surface area contributed by atoms with Gasteiger partial charge in [0.05, 0.1) is 6.42 Å². The summed E-state index contributed by atoms with van der Waals surface area (Å²) >= 11 is 8.36. The minimum atomic E-state index is -1.80. The molecule has 0 saturated carbocycles. The fourth-order valence-corrected chi connectivity index (χ4v) is 10.8. The van der Waals surface area contributed by atoms with Crippen molar-refractivity contribution in [2.75, 3.05) is 37.7 Å². The molecule has 27 N–H and O–H groups in total. The molecule has 36 nitrogen and oxygen atoms in total. The molecule has 99 heavy (non-hydrogen) atoms. The minimum absolute atomic E-state index is 0.0213. The number of amides is 13. The van der Waals surface area contributed by atoms with Gasteiger partial charge in [-0.1, -0.05) is 59.6 Å². The summed E-state index contributed by atoms with van der Waals surface area (Å²) < 4.78 is 0. The third-order valence-corrected chi connectivity index (χ3v) is 16.1. The highest BCUT2D eigenvalue weighted by Gasteiger charge is 2.41. The van der Waals surface area contributed by atoms with Crippen molar-refractivity contribution in [2.45, 2.75) is 198 Å². The standard InChI is InChI=1S/C61H104N22O14S2/c1-7-8-13-37(75-55(94)44(30-99)81-49(88)36(73-33(6)84)14-9-22-70-59(64)65)50(89)77-40(26-31(2)3)52(91)78-42(28-46(62)86)54(93)74-38(15-10-23-71-60(66)67)51(90)82-47(32(4)5)57(96)79-41(27-34-18-20-35(85)21-19-34)53(92)76-39(16-11-24-72-61(68)69)58(97)83-25-12-17-45(83)56(95)80-43(29-98)48(63)87/h18-21,31-32,36-45,47,85,98-99H,7-17,22-30H2,1-6H3,(H2,62,86)(H2,63,87)(H,73,84)(H,74,93)(H,75,94)(H,76,92)(H,77,89)(H,78,91)(H,79,96)(H,80,95)(H,81,88)(H,82,90)(H4,64,65,70)(H4,66,67,71)(H4,68,69,72)/t36-,37+,38+,39+,40+,41+,42+,43+,44+,45+,47+/m1/s1. The number of guanidine groups is 3. The topological polar surface area (TPSA) is 611 Å². The SMILES string of the molecule is CCCC[C@H](NC(=O)[C@H](CS)NC(=O)[C@@H](CCCN=C(N)N)NC(C)=O)C(=O)N[C@@H](CC(C)C)C(=O)N[C@@H](CC(N)=O)C(=O)N[C@@H](CCCN=C(N)N)C(=O)N[C@H](C(=O)N[C@@H](Cc1ccc(O)cc1)C(=O)N[C@@H](CCCN=C(N)N)C(=O)N1CCC[C@H]1C(=O)N[C@@H](CS)C(N)=O)C(C)C. The van der Waals surface area contributed by atoms with Gasteiger partial charge in [0.15, 0.2) is 17.9 Å². The molecule has 1 heterocycles. The first kappa shape index (κ1) is 85.7. The van der Waals surface area contributed by atoms with Crippen molar-refractivity contribution in [3.63, 3.8) is 0 Å². The third-order valence-electron chi connectivity index (χ3n) is 15.4. The van der Waals surface area contributed by atoms with E-state index in [1.165, 1.54) is 36.1 Å². The van der Waals surface area contributed by atoms with Crippen LogP contribution in [0.5, 0.6) is 5.75 Å². The molecule has 11 atom stereocenters. The molecule has 13 amide bonds. The smallest absolute Gasteiger partial charge is 0.245 e. The number of likely N-dealkylation sites (tertiary alicyclic amines) is 1. The van der Waals surface area contributed by atoms with Crippen LogP contribution in [-0.2, 0) is 68.7 Å². The number of carbonyl (C=O) groups is 13. The van der Waals surface area contributed by atoms with Gasteiger partial charge in [-0.2, -0.15) is 25.3 Å². The predicted molar refractivity (Wildman–Crippen MR) is 376 cm³/mol. The summed E-state index contributed by atoms with van der Waals surface area (Å²) in [5, 5.41) is 36.1. The first-order valence-electron chi connectivity index (χ1n) is 32.7. The van der Waals surface area contributed by atoms with Gasteiger partial charge < -0.3 is 109 Å². The van der Waals surface area contributed by atoms with Gasteiger partial charge in [-0.25, -0.2) is 0 Å². The zero-order valence-corrected chi connectivity index (χ0v) is 58.8. The number of nitrogens with zero attached hydrogens (tertiary/aromatic N) is 4. The molecule has 1 saturated heterocycles. The van der Waals surface area contributed by atoms with Gasteiger partial charge >= 0.3 is 0 Å². The first-order valence-corrected chi connectivity index (χ1v) is 33.9. The van der Waals surface area contributed by atoms with Gasteiger partial charge in [-0.3, -0.25) is 77.3 Å². The molecule has 1 aliphatic heterocycles. The average molecular weight is 1430 g/mol. The molecule has 0 radical (unpaired) electrons. The number of primary amides is 2. The van der Waals surface area contributed by atoms with Crippen LogP contribution in [0.15, 0.2) is 39.2 Å². The Bertz CT molecular complexity index is 3000. The van der Waals surface area contributed by atoms with Crippen molar-refractivity contribution in [3.05, 3.63) is 29.8 Å². The molecule has 1 aromatic rings. The highest BCUT2D eigenvalue weighted by molar-refractivity contribution is 7.80. The van der Waals surface area contributed by atoms with Crippen LogP contribution in [0, 0.1) is 11.8 Å². The lowest BCUT2D eigenvalue weighted by molar-refractivity contribution is -0.142. The van der Waals surface area contributed by atoms with Gasteiger partial charge in [-0.15, -0.1) is 0 Å². The van der Waals surface area contributed by atoms with Crippen LogP contribution < -0.4 is 99.0 Å². The van der Waals surface area contributed by atoms with Crippen molar-refractivity contribution in [1.29, 1.82) is 0 Å². The number of thiol groups is 2. The van der Waals surface area contributed by atoms with E-state index >= 15 is 0 Å². The lowest BCUT2D eigenvalue weighted by Gasteiger charge is -2.31. The number of hydrogen-bond acceptors (Lipinski definition) is 19. The number of phenols is 1. The van der Waals surface area contributed by atoms with Gasteiger partial charge in [0.25, 0.3) is 0 Å². The molecular formula is C61H104N22O14S2. The average Bonchev–Trinajstić information content (AvgIpc) is 1.71. The Morgan fingerprint density at radius 2 is 0.929 bits per heavy atom. The molecule has 38 heteroatoms. The van der Waals surface area contributed by atoms with E-state index in [4.69, 9.17) is 45.9 Å². The monoisotopic (exact) mass is 1430 g/mol. The Morgan fingerprint density at radius 1 is 0.515 bits per heavy atom. The maximum atomic E-state index is 14.7. The molecule has 0 aromatic heterocycles. The van der Waals surface area contributed by atoms with Crippen molar-refractivity contribution < 1.29 is 67.4 Å². The molecule has 0 aliphatic carbocycles. The van der Waals surface area contributed by atoms with Crippen LogP contribution in [0.1, 0.15) is 131 Å². The van der Waals surface area contributed by atoms with Crippen molar-refractivity contribution in [3.8, 4) is 5.75 Å². The Hall–Kier alpha value is -9.36. The van der Waals surface area contributed by atoms with Gasteiger partial charge in [0.2, 0.25) is 76.8 Å². The highest BCUT2D eigenvalue weighted by atomic mass is 32.1. The van der Waals surface area contributed by atoms with E-state index in [1.54, 1.807) is 27.7 Å². The quantitative estimate of drug-likeness (QED) is 0.0125. The lowest BCUT2D eigenvalue weighted by atomic mass is 9.99. The molecule has 0 spiro atoms. The Balaban J connectivity index is 2.55. The second-order valence-electron chi connectivity index (χ2n) is 24.6. The number of nitrogens with two attached hydrogens (primary N) is 8. The van der Waals surface area contributed by atoms with Gasteiger partial charge in [0, 0.05) is 51.0 Å². The zero-order chi connectivity index (χ0) is 74.6. The number of unbranched alkanes of at least 4 members (excludes halogenated alkanes) is 1. The minimum Gasteiger partial charge on any atom is -0.508 e. The summed E-state index contributed by atoms with van der Waals surface area (Å²) in [5.74, 6) is -13.4. The zero-order valence-electron chi connectivity index (χ0n) is 57.0. The van der Waals surface area contributed by atoms with Crippen molar-refractivity contribution in [1.82, 2.24) is 58.1 Å². The molecule has 0 unspecified atom stereocenters. The molecule has 1 aliphatic rings. The number of aromatic hydroxyl groups is 1. The Kier molecular flexibility index (Phi) is 38.6. The van der Waals surface area contributed by atoms with E-state index < -0.39 is 156 Å². The second kappa shape index (κ2) is 44.5. The maximum Gasteiger partial charge on any atom is 0.245 e. The van der Waals surface area contributed by atoms with Crippen molar-refractivity contribution >= 4 is 120 Å². The number of carbonyl (C=O) groups excluding carboxylic acids is 13. The number of hydrogen-bond donors (Lipinski definition) is 21. The molecule has 554 valence electrons. The normalized spacial score (nSPS) is 15.6. The molecule has 1 aromatic carbocycles. The first-order chi connectivity index (χ1) is 46.6. The number of nitrogens with one attached hydrogen (secondary N) is 10. The molecule has 2 rings (SSSR count). The number of phenolic OH excluding ortho intramolecular Hbond substituents is 1. The Labute approximate surface area is 586 Å². The van der Waals surface area contributed by atoms with Gasteiger partial charge in [0.1, 0.15) is 72.2 Å². The van der Waals surface area contributed by atoms with Crippen LogP contribution in [0.4, 0.5) is 0 Å². The fourth-order valence-electron chi connectivity index (χ4n) is 10.3. The molecule has 1 fully saturated rings. The van der Waals surface area contributed by atoms with E-state index in [0.717, 1.165) is 0 Å². The summed E-state index contributed by atoms with van der Waals surface area (Å²) in [5.41, 5.74) is 44.5. The maximum absolute atomic E-state index is 14.7. The van der Waals surface area contributed by atoms with E-state index in [1.807, 2.05) is 6.92 Å². The molecule has 0 bridgehead atoms. The summed E-state index contributed by atoms with van der Waals surface area (Å²) in [6.45, 7) is 9.84. The second-order valence-corrected chi connectivity index (χ2v) is 25.3. The number of benzene rings is 1. The van der Waals surface area contributed by atoms with Crippen LogP contribution in [-0.4, -0.2) is 209 Å². The summed E-state index contributed by atoms with van der Waals surface area (Å²) in [7, 11) is 0. The summed E-state index contributed by atoms with van der Waals surface area (Å²) in [6, 6.07) is -9.44. The fraction of sp³-hybridized carbons (Fsp3) is 0.639. The van der Waals surface area contributed by atoms with Crippen LogP contribution >= 0.6 is 25.3 Å². The number of aliphatic imine (C=N–C) groups is 3. The third kappa shape index (κ3) is 32.2. The van der Waals surface area contributed by atoms with E-state index in [-0.39, 0.29) is 131 Å². The van der Waals surface area contributed by atoms with Gasteiger partial charge in [-0.05, 0) is 93.7 Å². The summed E-state index contributed by atoms with van der Waals surface area (Å²) in [4.78, 5) is 192. The summed E-state index contributed by atoms with van der Waals surface area (Å²) in [6.07, 6.45) is 0.689. The van der Waals surface area contributed by atoms with Crippen molar-refractivity contribution in [2.24, 2.45) is 72.7 Å². The van der Waals surface area contributed by atoms with E-state index in [9.17, 15) is 67.4 Å². The van der Waals surface area contributed by atoms with Crippen LogP contribution in [0.25, 0.3) is 0 Å². The molecular weight excluding hydrogens is 1330 g/mol.